The van der Waals surface area contributed by atoms with Crippen LogP contribution in [-0.2, 0) is 39.1 Å². The molecule has 6 nitrogen and oxygen atoms in total. The van der Waals surface area contributed by atoms with Crippen LogP contribution in [0.3, 0.4) is 0 Å². The van der Waals surface area contributed by atoms with Gasteiger partial charge in [-0.05, 0) is 25.7 Å². The van der Waals surface area contributed by atoms with Gasteiger partial charge in [0.1, 0.15) is 25.0 Å². The number of esters is 2. The fourth-order valence-corrected chi connectivity index (χ4v) is 7.08. The number of imidazole rings is 1. The highest BCUT2D eigenvalue weighted by molar-refractivity contribution is 8.77. The quantitative estimate of drug-likeness (QED) is 0.198. The van der Waals surface area contributed by atoms with Crippen LogP contribution in [-0.4, -0.2) is 40.7 Å². The summed E-state index contributed by atoms with van der Waals surface area (Å²) in [7, 11) is 5.98. The summed E-state index contributed by atoms with van der Waals surface area (Å²) in [4.78, 5) is 23.7. The van der Waals surface area contributed by atoms with Gasteiger partial charge in [-0.3, -0.25) is 9.59 Å². The molecule has 0 radical (unpaired) electrons. The van der Waals surface area contributed by atoms with Crippen molar-refractivity contribution in [3.63, 3.8) is 0 Å². The van der Waals surface area contributed by atoms with E-state index in [4.69, 9.17) is 9.47 Å². The first kappa shape index (κ1) is 25.4. The smallest absolute Gasteiger partial charge is 0.309 e. The molecule has 1 aromatic rings. The third kappa shape index (κ3) is 7.38. The van der Waals surface area contributed by atoms with Crippen LogP contribution in [0.1, 0.15) is 51.1 Å². The van der Waals surface area contributed by atoms with Gasteiger partial charge in [0.2, 0.25) is 6.33 Å². The summed E-state index contributed by atoms with van der Waals surface area (Å²) in [5.74, 6) is 1.36. The molecule has 3 heterocycles. The lowest BCUT2D eigenvalue weighted by atomic mass is 9.89. The first-order valence-corrected chi connectivity index (χ1v) is 13.1. The summed E-state index contributed by atoms with van der Waals surface area (Å²) in [5, 5.41) is 0.779. The molecule has 3 atom stereocenters. The minimum Gasteiger partial charge on any atom is -1.00 e. The van der Waals surface area contributed by atoms with E-state index < -0.39 is 0 Å². The van der Waals surface area contributed by atoms with Crippen LogP contribution in [0.25, 0.3) is 0 Å². The van der Waals surface area contributed by atoms with Gasteiger partial charge in [-0.2, -0.15) is 0 Å². The maximum Gasteiger partial charge on any atom is 0.309 e. The van der Waals surface area contributed by atoms with E-state index in [0.29, 0.717) is 26.2 Å². The lowest BCUT2D eigenvalue weighted by Crippen LogP contribution is -3.00. The van der Waals surface area contributed by atoms with Crippen molar-refractivity contribution in [1.29, 1.82) is 0 Å². The second-order valence-corrected chi connectivity index (χ2v) is 10.8. The molecule has 0 saturated carbocycles. The predicted octanol–water partition coefficient (Wildman–Crippen LogP) is 0.316. The van der Waals surface area contributed by atoms with E-state index >= 15 is 0 Å². The molecule has 3 rings (SSSR count). The van der Waals surface area contributed by atoms with Crippen molar-refractivity contribution in [2.75, 3.05) is 19.0 Å². The molecule has 2 aliphatic heterocycles. The van der Waals surface area contributed by atoms with Crippen LogP contribution >= 0.6 is 21.6 Å². The molecule has 0 aliphatic carbocycles. The monoisotopic (exact) mass is 476 g/mol. The fourth-order valence-electron chi connectivity index (χ4n) is 4.05. The number of aromatic nitrogens is 2. The summed E-state index contributed by atoms with van der Waals surface area (Å²) in [6, 6.07) is 0. The Kier molecular flexibility index (Phi) is 10.9. The number of hydrogen-bond acceptors (Lipinski definition) is 6. The first-order chi connectivity index (χ1) is 14.1. The number of ether oxygens (including phenoxy) is 2. The average Bonchev–Trinajstić information content (AvgIpc) is 3.41. The fraction of sp³-hybridized carbons (Fsp3) is 0.762. The normalized spacial score (nSPS) is 23.3. The van der Waals surface area contributed by atoms with Gasteiger partial charge in [0, 0.05) is 29.8 Å². The molecule has 0 amide bonds. The molecular formula is C21H33ClN2O4S2. The van der Waals surface area contributed by atoms with Gasteiger partial charge in [0.15, 0.2) is 0 Å². The number of rotatable bonds is 11. The van der Waals surface area contributed by atoms with E-state index in [9.17, 15) is 9.59 Å². The summed E-state index contributed by atoms with van der Waals surface area (Å²) in [5.41, 5.74) is 1.17. The topological polar surface area (TPSA) is 61.4 Å². The maximum absolute atomic E-state index is 11.9. The maximum atomic E-state index is 11.9. The number of halogens is 1. The van der Waals surface area contributed by atoms with Crippen LogP contribution in [0.5, 0.6) is 0 Å². The standard InChI is InChI=1S/C21H33N2O4S2.ClH/c1-3-19-16(14-27-21(19)25)12-17-13-23(15-22(17)2)9-10-26-20(24)7-5-4-6-18-8-11-28-29-18;/h13,15-16,18-19H,3-12,14H2,1-2H3;1H/q+1;/p-1/t16-,18+,19-;/m0./s1. The number of nitrogens with zero attached hydrogens (tertiary/aromatic N) is 2. The summed E-state index contributed by atoms with van der Waals surface area (Å²) in [6.45, 7) is 3.59. The van der Waals surface area contributed by atoms with E-state index in [0.717, 1.165) is 30.9 Å². The van der Waals surface area contributed by atoms with Crippen LogP contribution in [0, 0.1) is 11.8 Å². The average molecular weight is 477 g/mol. The van der Waals surface area contributed by atoms with E-state index in [2.05, 4.69) is 15.3 Å². The van der Waals surface area contributed by atoms with Crippen molar-refractivity contribution in [1.82, 2.24) is 4.57 Å². The Morgan fingerprint density at radius 2 is 2.23 bits per heavy atom. The van der Waals surface area contributed by atoms with Gasteiger partial charge in [-0.1, -0.05) is 34.9 Å². The largest absolute Gasteiger partial charge is 1.00 e. The molecule has 0 aromatic carbocycles. The number of carbonyl (C=O) groups is 2. The van der Waals surface area contributed by atoms with Gasteiger partial charge in [-0.25, -0.2) is 9.13 Å². The Bertz CT molecular complexity index is 695. The highest BCUT2D eigenvalue weighted by Gasteiger charge is 2.36. The van der Waals surface area contributed by atoms with Crippen molar-refractivity contribution >= 4 is 33.5 Å². The highest BCUT2D eigenvalue weighted by atomic mass is 35.5. The Morgan fingerprint density at radius 1 is 1.40 bits per heavy atom. The number of aryl methyl sites for hydroxylation is 1. The number of cyclic esters (lactones) is 1. The lowest BCUT2D eigenvalue weighted by Gasteiger charge is -2.10. The Labute approximate surface area is 193 Å². The SMILES string of the molecule is CC[C@@H]1C(=O)OC[C@@H]1Cc1c[n+](CCOC(=O)CCCC[C@@H]2CCSS2)cn1C.[Cl-]. The van der Waals surface area contributed by atoms with Crippen molar-refractivity contribution < 1.29 is 36.0 Å². The van der Waals surface area contributed by atoms with E-state index in [-0.39, 0.29) is 36.2 Å². The first-order valence-electron chi connectivity index (χ1n) is 10.7. The molecule has 2 fully saturated rings. The Balaban J connectivity index is 0.00000320. The van der Waals surface area contributed by atoms with E-state index in [1.165, 1.54) is 24.3 Å². The van der Waals surface area contributed by atoms with Gasteiger partial charge in [0.25, 0.3) is 0 Å². The Morgan fingerprint density at radius 3 is 2.97 bits per heavy atom. The number of carbonyl (C=O) groups excluding carboxylic acids is 2. The number of hydrogen-bond donors (Lipinski definition) is 0. The minimum absolute atomic E-state index is 0. The molecular weight excluding hydrogens is 444 g/mol. The van der Waals surface area contributed by atoms with Crippen LogP contribution < -0.4 is 17.0 Å². The van der Waals surface area contributed by atoms with Crippen LogP contribution in [0.2, 0.25) is 0 Å². The van der Waals surface area contributed by atoms with Gasteiger partial charge >= 0.3 is 11.9 Å². The van der Waals surface area contributed by atoms with Crippen molar-refractivity contribution in [2.45, 2.75) is 63.7 Å². The summed E-state index contributed by atoms with van der Waals surface area (Å²) < 4.78 is 14.8. The lowest BCUT2D eigenvalue weighted by molar-refractivity contribution is -0.697. The van der Waals surface area contributed by atoms with E-state index in [1.807, 2.05) is 41.9 Å². The zero-order valence-corrected chi connectivity index (χ0v) is 20.3. The number of unbranched alkanes of at least 4 members (excludes halogenated alkanes) is 1. The predicted molar refractivity (Wildman–Crippen MR) is 115 cm³/mol. The zero-order chi connectivity index (χ0) is 20.6. The second-order valence-electron chi connectivity index (χ2n) is 7.99. The molecule has 0 spiro atoms. The van der Waals surface area contributed by atoms with Crippen molar-refractivity contribution in [3.8, 4) is 0 Å². The molecule has 0 N–H and O–H groups in total. The minimum atomic E-state index is -0.0948. The van der Waals surface area contributed by atoms with Gasteiger partial charge < -0.3 is 21.9 Å². The third-order valence-electron chi connectivity index (χ3n) is 5.81. The molecule has 170 valence electrons. The molecule has 0 bridgehead atoms. The molecule has 0 unspecified atom stereocenters. The second kappa shape index (κ2) is 12.9. The Hall–Kier alpha value is -0.860. The molecule has 2 saturated heterocycles. The summed E-state index contributed by atoms with van der Waals surface area (Å²) >= 11 is 0. The van der Waals surface area contributed by atoms with Gasteiger partial charge in [-0.15, -0.1) is 0 Å². The summed E-state index contributed by atoms with van der Waals surface area (Å²) in [6.07, 6.45) is 10.8. The van der Waals surface area contributed by atoms with Crippen molar-refractivity contribution in [3.05, 3.63) is 18.2 Å². The zero-order valence-electron chi connectivity index (χ0n) is 17.9. The molecule has 2 aliphatic rings. The molecule has 30 heavy (non-hydrogen) atoms. The van der Waals surface area contributed by atoms with Crippen LogP contribution in [0.4, 0.5) is 0 Å². The van der Waals surface area contributed by atoms with Crippen molar-refractivity contribution in [2.24, 2.45) is 18.9 Å². The van der Waals surface area contributed by atoms with Crippen LogP contribution in [0.15, 0.2) is 12.5 Å². The van der Waals surface area contributed by atoms with Gasteiger partial charge in [0.05, 0.1) is 19.6 Å². The third-order valence-corrected chi connectivity index (χ3v) is 8.82. The van der Waals surface area contributed by atoms with E-state index in [1.54, 1.807) is 0 Å². The highest BCUT2D eigenvalue weighted by Crippen LogP contribution is 2.39. The molecule has 1 aromatic heterocycles. The molecule has 9 heteroatoms.